The first-order chi connectivity index (χ1) is 10.7. The summed E-state index contributed by atoms with van der Waals surface area (Å²) >= 11 is 0. The summed E-state index contributed by atoms with van der Waals surface area (Å²) in [6, 6.07) is 1.82. The van der Waals surface area contributed by atoms with Crippen LogP contribution in [0, 0.1) is 5.92 Å². The minimum Gasteiger partial charge on any atom is -0.481 e. The molecule has 0 saturated carbocycles. The molecular formula is C16H29Cl3N4O2. The summed E-state index contributed by atoms with van der Waals surface area (Å²) < 4.78 is 0. The number of aromatic nitrogens is 2. The van der Waals surface area contributed by atoms with Gasteiger partial charge in [0.2, 0.25) is 5.95 Å². The molecule has 1 aliphatic rings. The molecule has 9 heteroatoms. The molecule has 146 valence electrons. The standard InChI is InChI=1S/C16H26N4O2.3ClH/c1-2-3-5-14(15(21)22)6-9-19-10-12-20(13-11-19)16-17-7-4-8-18-16;;;/h4,7-8,14H,2-3,5-6,9-13H2,1H3,(H,21,22);3*1H. The highest BCUT2D eigenvalue weighted by atomic mass is 35.5. The molecule has 2 heterocycles. The van der Waals surface area contributed by atoms with Crippen molar-refractivity contribution in [3.05, 3.63) is 18.5 Å². The normalized spacial score (nSPS) is 15.3. The van der Waals surface area contributed by atoms with Crippen molar-refractivity contribution in [3.8, 4) is 0 Å². The molecule has 1 N–H and O–H groups in total. The SMILES string of the molecule is CCCCC(CCN1CCN(c2ncccn2)CC1)C(=O)O.Cl.Cl.Cl. The molecule has 0 radical (unpaired) electrons. The van der Waals surface area contributed by atoms with Crippen molar-refractivity contribution >= 4 is 49.1 Å². The molecule has 0 aliphatic carbocycles. The molecule has 6 nitrogen and oxygen atoms in total. The van der Waals surface area contributed by atoms with E-state index in [9.17, 15) is 9.90 Å². The van der Waals surface area contributed by atoms with Crippen LogP contribution in [0.15, 0.2) is 18.5 Å². The van der Waals surface area contributed by atoms with Crippen LogP contribution in [-0.4, -0.2) is 58.7 Å². The number of hydrogen-bond donors (Lipinski definition) is 1. The van der Waals surface area contributed by atoms with Gasteiger partial charge in [-0.25, -0.2) is 9.97 Å². The Morgan fingerprint density at radius 2 is 1.72 bits per heavy atom. The van der Waals surface area contributed by atoms with E-state index in [4.69, 9.17) is 0 Å². The van der Waals surface area contributed by atoms with E-state index in [0.29, 0.717) is 0 Å². The summed E-state index contributed by atoms with van der Waals surface area (Å²) in [7, 11) is 0. The lowest BCUT2D eigenvalue weighted by molar-refractivity contribution is -0.142. The molecule has 0 bridgehead atoms. The number of rotatable bonds is 8. The van der Waals surface area contributed by atoms with Crippen LogP contribution in [-0.2, 0) is 4.79 Å². The van der Waals surface area contributed by atoms with E-state index in [-0.39, 0.29) is 43.1 Å². The molecule has 1 unspecified atom stereocenters. The van der Waals surface area contributed by atoms with Gasteiger partial charge in [-0.3, -0.25) is 9.69 Å². The second kappa shape index (κ2) is 14.4. The Morgan fingerprint density at radius 1 is 1.12 bits per heavy atom. The van der Waals surface area contributed by atoms with Crippen LogP contribution in [0.4, 0.5) is 5.95 Å². The van der Waals surface area contributed by atoms with Gasteiger partial charge in [0.1, 0.15) is 0 Å². The Labute approximate surface area is 168 Å². The lowest BCUT2D eigenvalue weighted by atomic mass is 9.98. The lowest BCUT2D eigenvalue weighted by Crippen LogP contribution is -2.47. The van der Waals surface area contributed by atoms with Crippen molar-refractivity contribution in [2.75, 3.05) is 37.6 Å². The highest BCUT2D eigenvalue weighted by molar-refractivity contribution is 5.86. The first-order valence-electron chi connectivity index (χ1n) is 8.18. The van der Waals surface area contributed by atoms with Crippen LogP contribution in [0.25, 0.3) is 0 Å². The Bertz CT molecular complexity index is 460. The van der Waals surface area contributed by atoms with Crippen molar-refractivity contribution in [1.82, 2.24) is 14.9 Å². The topological polar surface area (TPSA) is 69.6 Å². The minimum atomic E-state index is -0.648. The maximum Gasteiger partial charge on any atom is 0.306 e. The molecule has 1 fully saturated rings. The van der Waals surface area contributed by atoms with Gasteiger partial charge in [-0.05, 0) is 25.5 Å². The lowest BCUT2D eigenvalue weighted by Gasteiger charge is -2.35. The average molecular weight is 416 g/mol. The van der Waals surface area contributed by atoms with Gasteiger partial charge < -0.3 is 10.0 Å². The van der Waals surface area contributed by atoms with Gasteiger partial charge in [0, 0.05) is 38.6 Å². The molecule has 0 spiro atoms. The van der Waals surface area contributed by atoms with E-state index in [0.717, 1.165) is 64.4 Å². The maximum absolute atomic E-state index is 11.3. The van der Waals surface area contributed by atoms with Crippen LogP contribution < -0.4 is 4.90 Å². The summed E-state index contributed by atoms with van der Waals surface area (Å²) in [4.78, 5) is 24.4. The van der Waals surface area contributed by atoms with Gasteiger partial charge in [0.05, 0.1) is 5.92 Å². The van der Waals surface area contributed by atoms with Crippen molar-refractivity contribution < 1.29 is 9.90 Å². The zero-order valence-electron chi connectivity index (χ0n) is 14.5. The molecule has 1 saturated heterocycles. The van der Waals surface area contributed by atoms with Gasteiger partial charge in [-0.2, -0.15) is 0 Å². The van der Waals surface area contributed by atoms with Crippen molar-refractivity contribution in [2.24, 2.45) is 5.92 Å². The number of halogens is 3. The summed E-state index contributed by atoms with van der Waals surface area (Å²) in [5.74, 6) is -0.0614. The molecule has 0 amide bonds. The Kier molecular flexibility index (Phi) is 15.2. The largest absolute Gasteiger partial charge is 0.481 e. The molecule has 1 aliphatic heterocycles. The number of anilines is 1. The summed E-state index contributed by atoms with van der Waals surface area (Å²) in [6.45, 7) is 6.65. The predicted octanol–water partition coefficient (Wildman–Crippen LogP) is 3.15. The molecule has 1 aromatic heterocycles. The summed E-state index contributed by atoms with van der Waals surface area (Å²) in [5, 5.41) is 9.28. The fourth-order valence-electron chi connectivity index (χ4n) is 2.81. The Balaban J connectivity index is 0. The van der Waals surface area contributed by atoms with Gasteiger partial charge in [0.15, 0.2) is 0 Å². The van der Waals surface area contributed by atoms with Crippen LogP contribution in [0.3, 0.4) is 0 Å². The zero-order chi connectivity index (χ0) is 15.8. The number of carbonyl (C=O) groups is 1. The van der Waals surface area contributed by atoms with Crippen molar-refractivity contribution in [1.29, 1.82) is 0 Å². The zero-order valence-corrected chi connectivity index (χ0v) is 17.0. The third kappa shape index (κ3) is 8.90. The van der Waals surface area contributed by atoms with E-state index in [1.807, 2.05) is 6.07 Å². The van der Waals surface area contributed by atoms with Crippen LogP contribution in [0.2, 0.25) is 0 Å². The monoisotopic (exact) mass is 414 g/mol. The van der Waals surface area contributed by atoms with Crippen LogP contribution in [0.5, 0.6) is 0 Å². The van der Waals surface area contributed by atoms with Gasteiger partial charge in [0.25, 0.3) is 0 Å². The van der Waals surface area contributed by atoms with Crippen LogP contribution >= 0.6 is 37.2 Å². The fourth-order valence-corrected chi connectivity index (χ4v) is 2.81. The fraction of sp³-hybridized carbons (Fsp3) is 0.688. The number of unbranched alkanes of at least 4 members (excludes halogenated alkanes) is 1. The smallest absolute Gasteiger partial charge is 0.306 e. The first-order valence-corrected chi connectivity index (χ1v) is 8.18. The van der Waals surface area contributed by atoms with Gasteiger partial charge >= 0.3 is 5.97 Å². The second-order valence-corrected chi connectivity index (χ2v) is 5.84. The molecule has 25 heavy (non-hydrogen) atoms. The van der Waals surface area contributed by atoms with E-state index in [1.54, 1.807) is 12.4 Å². The molecule has 1 atom stereocenters. The number of hydrogen-bond acceptors (Lipinski definition) is 5. The summed E-state index contributed by atoms with van der Waals surface area (Å²) in [6.07, 6.45) is 7.12. The second-order valence-electron chi connectivity index (χ2n) is 5.84. The van der Waals surface area contributed by atoms with Crippen molar-refractivity contribution in [2.45, 2.75) is 32.6 Å². The van der Waals surface area contributed by atoms with Crippen molar-refractivity contribution in [3.63, 3.8) is 0 Å². The summed E-state index contributed by atoms with van der Waals surface area (Å²) in [5.41, 5.74) is 0. The quantitative estimate of drug-likeness (QED) is 0.703. The number of aliphatic carboxylic acids is 1. The third-order valence-electron chi connectivity index (χ3n) is 4.26. The highest BCUT2D eigenvalue weighted by Gasteiger charge is 2.21. The number of piperazine rings is 1. The predicted molar refractivity (Wildman–Crippen MR) is 108 cm³/mol. The van der Waals surface area contributed by atoms with E-state index in [1.165, 1.54) is 0 Å². The van der Waals surface area contributed by atoms with Gasteiger partial charge in [-0.1, -0.05) is 19.8 Å². The molecular weight excluding hydrogens is 387 g/mol. The Morgan fingerprint density at radius 3 is 2.24 bits per heavy atom. The molecule has 1 aromatic rings. The number of nitrogens with zero attached hydrogens (tertiary/aromatic N) is 4. The van der Waals surface area contributed by atoms with E-state index < -0.39 is 5.97 Å². The number of carboxylic acids is 1. The minimum absolute atomic E-state index is 0. The van der Waals surface area contributed by atoms with E-state index in [2.05, 4.69) is 26.7 Å². The third-order valence-corrected chi connectivity index (χ3v) is 4.26. The first kappa shape index (κ1) is 26.4. The average Bonchev–Trinajstić information content (AvgIpc) is 2.56. The molecule has 2 rings (SSSR count). The van der Waals surface area contributed by atoms with Gasteiger partial charge in [-0.15, -0.1) is 37.2 Å². The molecule has 0 aromatic carbocycles. The maximum atomic E-state index is 11.3. The Hall–Kier alpha value is -0.820. The highest BCUT2D eigenvalue weighted by Crippen LogP contribution is 2.16. The van der Waals surface area contributed by atoms with Crippen LogP contribution in [0.1, 0.15) is 32.6 Å². The van der Waals surface area contributed by atoms with E-state index >= 15 is 0 Å². The number of carboxylic acid groups (broad SMARTS) is 1.